The molecule has 2 amide bonds. The van der Waals surface area contributed by atoms with Crippen LogP contribution in [0.5, 0.6) is 0 Å². The first-order valence-electron chi connectivity index (χ1n) is 8.26. The van der Waals surface area contributed by atoms with Crippen LogP contribution in [0.15, 0.2) is 29.9 Å². The number of aromatic nitrogens is 2. The quantitative estimate of drug-likeness (QED) is 0.856. The Balaban J connectivity index is 1.40. The zero-order valence-electron chi connectivity index (χ0n) is 13.8. The molecule has 0 radical (unpaired) electrons. The van der Waals surface area contributed by atoms with E-state index in [1.807, 2.05) is 17.5 Å². The van der Waals surface area contributed by atoms with Crippen molar-refractivity contribution in [2.24, 2.45) is 5.92 Å². The molecule has 1 aliphatic heterocycles. The second-order valence-corrected chi connectivity index (χ2v) is 6.95. The summed E-state index contributed by atoms with van der Waals surface area (Å²) in [4.78, 5) is 23.4. The molecule has 3 rings (SSSR count). The summed E-state index contributed by atoms with van der Waals surface area (Å²) in [6.45, 7) is 2.86. The highest BCUT2D eigenvalue weighted by Gasteiger charge is 2.22. The average Bonchev–Trinajstić information content (AvgIpc) is 3.19. The Hall–Kier alpha value is -2.66. The van der Waals surface area contributed by atoms with E-state index in [1.54, 1.807) is 17.5 Å². The Bertz CT molecular complexity index is 734. The van der Waals surface area contributed by atoms with Crippen LogP contribution in [0.4, 0.5) is 10.6 Å². The summed E-state index contributed by atoms with van der Waals surface area (Å²) in [5.41, 5.74) is 0.368. The van der Waals surface area contributed by atoms with Crippen LogP contribution in [0.3, 0.4) is 0 Å². The number of carbonyl (C=O) groups is 1. The second kappa shape index (κ2) is 8.44. The van der Waals surface area contributed by atoms with Gasteiger partial charge in [0.2, 0.25) is 0 Å². The Labute approximate surface area is 150 Å². The molecular formula is C17H20N6OS. The van der Waals surface area contributed by atoms with Crippen molar-refractivity contribution >= 4 is 23.2 Å². The number of nitrogens with zero attached hydrogens (tertiary/aromatic N) is 4. The van der Waals surface area contributed by atoms with Crippen molar-refractivity contribution in [3.63, 3.8) is 0 Å². The lowest BCUT2D eigenvalue weighted by Gasteiger charge is -2.32. The summed E-state index contributed by atoms with van der Waals surface area (Å²) in [5.74, 6) is 1.09. The van der Waals surface area contributed by atoms with Crippen molar-refractivity contribution in [2.45, 2.75) is 19.4 Å². The summed E-state index contributed by atoms with van der Waals surface area (Å²) >= 11 is 1.63. The largest absolute Gasteiger partial charge is 0.354 e. The third-order valence-corrected chi connectivity index (χ3v) is 5.13. The van der Waals surface area contributed by atoms with Gasteiger partial charge in [0.15, 0.2) is 11.5 Å². The van der Waals surface area contributed by atoms with Crippen molar-refractivity contribution in [3.8, 4) is 6.07 Å². The molecule has 0 atom stereocenters. The van der Waals surface area contributed by atoms with E-state index < -0.39 is 0 Å². The minimum atomic E-state index is -0.128. The molecule has 2 aromatic rings. The normalized spacial score (nSPS) is 14.8. The van der Waals surface area contributed by atoms with Crippen LogP contribution >= 0.6 is 11.3 Å². The summed E-state index contributed by atoms with van der Waals surface area (Å²) in [6.07, 6.45) is 5.05. The van der Waals surface area contributed by atoms with Crippen LogP contribution in [0.25, 0.3) is 0 Å². The fourth-order valence-electron chi connectivity index (χ4n) is 2.87. The molecule has 130 valence electrons. The number of piperidine rings is 1. The summed E-state index contributed by atoms with van der Waals surface area (Å²) in [5, 5.41) is 16.9. The topological polar surface area (TPSA) is 93.9 Å². The SMILES string of the molecule is N#Cc1nccnc1N1CCC(CNC(=O)NCc2cccs2)CC1. The summed E-state index contributed by atoms with van der Waals surface area (Å²) in [7, 11) is 0. The maximum absolute atomic E-state index is 11.9. The van der Waals surface area contributed by atoms with Gasteiger partial charge in [0.1, 0.15) is 6.07 Å². The molecule has 7 nitrogen and oxygen atoms in total. The molecule has 0 saturated carbocycles. The van der Waals surface area contributed by atoms with Gasteiger partial charge in [-0.15, -0.1) is 11.3 Å². The minimum Gasteiger partial charge on any atom is -0.354 e. The molecule has 0 spiro atoms. The van der Waals surface area contributed by atoms with Crippen LogP contribution in [0, 0.1) is 17.2 Å². The highest BCUT2D eigenvalue weighted by molar-refractivity contribution is 7.09. The monoisotopic (exact) mass is 356 g/mol. The second-order valence-electron chi connectivity index (χ2n) is 5.91. The first-order chi connectivity index (χ1) is 12.3. The van der Waals surface area contributed by atoms with Gasteiger partial charge in [-0.25, -0.2) is 14.8 Å². The third kappa shape index (κ3) is 4.67. The highest BCUT2D eigenvalue weighted by Crippen LogP contribution is 2.22. The number of amides is 2. The zero-order chi connectivity index (χ0) is 17.5. The van der Waals surface area contributed by atoms with Gasteiger partial charge < -0.3 is 15.5 Å². The van der Waals surface area contributed by atoms with E-state index in [-0.39, 0.29) is 6.03 Å². The van der Waals surface area contributed by atoms with Gasteiger partial charge in [0.25, 0.3) is 0 Å². The molecule has 0 aliphatic carbocycles. The molecule has 2 aromatic heterocycles. The zero-order valence-corrected chi connectivity index (χ0v) is 14.6. The van der Waals surface area contributed by atoms with Gasteiger partial charge in [-0.2, -0.15) is 5.26 Å². The Morgan fingerprint density at radius 2 is 2.12 bits per heavy atom. The molecule has 2 N–H and O–H groups in total. The van der Waals surface area contributed by atoms with Crippen LogP contribution in [0.2, 0.25) is 0 Å². The molecule has 0 aromatic carbocycles. The van der Waals surface area contributed by atoms with Gasteiger partial charge >= 0.3 is 6.03 Å². The number of thiophene rings is 1. The standard InChI is InChI=1S/C17H20N6OS/c18-10-15-16(20-6-5-19-15)23-7-3-13(4-8-23)11-21-17(24)22-12-14-2-1-9-25-14/h1-2,5-6,9,13H,3-4,7-8,11-12H2,(H2,21,22,24). The number of anilines is 1. The van der Waals surface area contributed by atoms with E-state index in [0.717, 1.165) is 30.8 Å². The number of carbonyl (C=O) groups excluding carboxylic acids is 1. The van der Waals surface area contributed by atoms with Gasteiger partial charge in [-0.1, -0.05) is 6.07 Å². The van der Waals surface area contributed by atoms with Crippen LogP contribution in [-0.4, -0.2) is 35.6 Å². The summed E-state index contributed by atoms with van der Waals surface area (Å²) < 4.78 is 0. The molecule has 0 bridgehead atoms. The predicted molar refractivity (Wildman–Crippen MR) is 96.2 cm³/mol. The van der Waals surface area contributed by atoms with Crippen molar-refractivity contribution in [1.82, 2.24) is 20.6 Å². The van der Waals surface area contributed by atoms with E-state index in [2.05, 4.69) is 31.6 Å². The van der Waals surface area contributed by atoms with E-state index in [4.69, 9.17) is 5.26 Å². The van der Waals surface area contributed by atoms with Crippen molar-refractivity contribution in [1.29, 1.82) is 5.26 Å². The van der Waals surface area contributed by atoms with Gasteiger partial charge in [0, 0.05) is 36.9 Å². The number of hydrogen-bond acceptors (Lipinski definition) is 6. The maximum atomic E-state index is 11.9. The molecule has 1 aliphatic rings. The molecule has 25 heavy (non-hydrogen) atoms. The van der Waals surface area contributed by atoms with E-state index in [0.29, 0.717) is 30.5 Å². The maximum Gasteiger partial charge on any atom is 0.315 e. The lowest BCUT2D eigenvalue weighted by atomic mass is 9.97. The fraction of sp³-hybridized carbons (Fsp3) is 0.412. The number of urea groups is 1. The number of hydrogen-bond donors (Lipinski definition) is 2. The Morgan fingerprint density at radius 1 is 1.32 bits per heavy atom. The van der Waals surface area contributed by atoms with Crippen molar-refractivity contribution in [2.75, 3.05) is 24.5 Å². The predicted octanol–water partition coefficient (Wildman–Crippen LogP) is 2.13. The molecule has 1 saturated heterocycles. The highest BCUT2D eigenvalue weighted by atomic mass is 32.1. The van der Waals surface area contributed by atoms with E-state index >= 15 is 0 Å². The van der Waals surface area contributed by atoms with E-state index in [9.17, 15) is 4.79 Å². The Kier molecular flexibility index (Phi) is 5.80. The molecule has 0 unspecified atom stereocenters. The number of rotatable bonds is 5. The smallest absolute Gasteiger partial charge is 0.315 e. The fourth-order valence-corrected chi connectivity index (χ4v) is 3.51. The molecule has 3 heterocycles. The first-order valence-corrected chi connectivity index (χ1v) is 9.14. The van der Waals surface area contributed by atoms with Gasteiger partial charge in [-0.3, -0.25) is 0 Å². The lowest BCUT2D eigenvalue weighted by Crippen LogP contribution is -2.42. The van der Waals surface area contributed by atoms with Crippen LogP contribution in [-0.2, 0) is 6.54 Å². The van der Waals surface area contributed by atoms with Crippen LogP contribution in [0.1, 0.15) is 23.4 Å². The number of nitriles is 1. The van der Waals surface area contributed by atoms with Gasteiger partial charge in [0.05, 0.1) is 6.54 Å². The van der Waals surface area contributed by atoms with Crippen molar-refractivity contribution < 1.29 is 4.79 Å². The number of nitrogens with one attached hydrogen (secondary N) is 2. The van der Waals surface area contributed by atoms with E-state index in [1.165, 1.54) is 6.20 Å². The average molecular weight is 356 g/mol. The Morgan fingerprint density at radius 3 is 2.84 bits per heavy atom. The summed E-state index contributed by atoms with van der Waals surface area (Å²) in [6, 6.07) is 5.94. The molecule has 1 fully saturated rings. The van der Waals surface area contributed by atoms with Crippen LogP contribution < -0.4 is 15.5 Å². The third-order valence-electron chi connectivity index (χ3n) is 4.25. The van der Waals surface area contributed by atoms with Crippen molar-refractivity contribution in [3.05, 3.63) is 40.5 Å². The molecule has 8 heteroatoms. The minimum absolute atomic E-state index is 0.128. The van der Waals surface area contributed by atoms with Gasteiger partial charge in [-0.05, 0) is 30.2 Å². The first kappa shape index (κ1) is 17.2. The lowest BCUT2D eigenvalue weighted by molar-refractivity contribution is 0.237. The molecular weight excluding hydrogens is 336 g/mol.